The third kappa shape index (κ3) is 4.42. The van der Waals surface area contributed by atoms with Crippen LogP contribution in [0.1, 0.15) is 0 Å². The number of rotatable bonds is 5. The summed E-state index contributed by atoms with van der Waals surface area (Å²) >= 11 is 13.5. The molecular weight excluding hydrogens is 399 g/mol. The number of thiazole rings is 1. The van der Waals surface area contributed by atoms with Gasteiger partial charge in [0.15, 0.2) is 5.13 Å². The Hall–Kier alpha value is -2.53. The third-order valence-electron chi connectivity index (χ3n) is 3.80. The Morgan fingerprint density at radius 2 is 1.56 bits per heavy atom. The lowest BCUT2D eigenvalue weighted by atomic mass is 10.2. The minimum Gasteiger partial charge on any atom is -0.457 e. The first-order chi connectivity index (χ1) is 13.2. The van der Waals surface area contributed by atoms with Crippen molar-refractivity contribution in [1.29, 1.82) is 0 Å². The molecule has 1 heterocycles. The Balaban J connectivity index is 1.47. The van der Waals surface area contributed by atoms with Gasteiger partial charge in [-0.15, -0.1) is 11.3 Å². The summed E-state index contributed by atoms with van der Waals surface area (Å²) in [5, 5.41) is 7.07. The number of nitrogens with zero attached hydrogens (tertiary/aromatic N) is 1. The van der Waals surface area contributed by atoms with E-state index in [4.69, 9.17) is 27.9 Å². The van der Waals surface area contributed by atoms with Gasteiger partial charge in [-0.25, -0.2) is 4.98 Å². The minimum absolute atomic E-state index is 0.507. The molecule has 0 radical (unpaired) electrons. The van der Waals surface area contributed by atoms with Crippen molar-refractivity contribution >= 4 is 45.4 Å². The molecule has 1 N–H and O–H groups in total. The van der Waals surface area contributed by atoms with Crippen LogP contribution >= 0.6 is 34.5 Å². The molecule has 0 amide bonds. The first-order valence-electron chi connectivity index (χ1n) is 8.18. The number of hydrogen-bond acceptors (Lipinski definition) is 4. The van der Waals surface area contributed by atoms with E-state index in [9.17, 15) is 0 Å². The molecule has 1 aromatic heterocycles. The van der Waals surface area contributed by atoms with Crippen LogP contribution in [0.25, 0.3) is 11.3 Å². The van der Waals surface area contributed by atoms with Gasteiger partial charge in [-0.1, -0.05) is 41.4 Å². The highest BCUT2D eigenvalue weighted by molar-refractivity contribution is 7.14. The molecule has 0 aliphatic heterocycles. The van der Waals surface area contributed by atoms with Gasteiger partial charge in [0.25, 0.3) is 0 Å². The zero-order chi connectivity index (χ0) is 18.6. The fourth-order valence-corrected chi connectivity index (χ4v) is 3.52. The minimum atomic E-state index is 0.507. The second-order valence-corrected chi connectivity index (χ2v) is 7.40. The molecule has 0 spiro atoms. The van der Waals surface area contributed by atoms with E-state index < -0.39 is 0 Å². The molecule has 0 bridgehead atoms. The van der Waals surface area contributed by atoms with Crippen LogP contribution in [0.5, 0.6) is 11.5 Å². The highest BCUT2D eigenvalue weighted by Gasteiger charge is 2.07. The number of ether oxygens (including phenoxy) is 1. The average Bonchev–Trinajstić information content (AvgIpc) is 3.15. The average molecular weight is 413 g/mol. The fourth-order valence-electron chi connectivity index (χ4n) is 2.48. The number of benzene rings is 3. The van der Waals surface area contributed by atoms with Crippen LogP contribution in [-0.4, -0.2) is 4.98 Å². The number of halogens is 2. The van der Waals surface area contributed by atoms with E-state index in [0.29, 0.717) is 10.0 Å². The van der Waals surface area contributed by atoms with Crippen LogP contribution in [-0.2, 0) is 0 Å². The lowest BCUT2D eigenvalue weighted by Gasteiger charge is -2.06. The second-order valence-electron chi connectivity index (χ2n) is 5.73. The highest BCUT2D eigenvalue weighted by Crippen LogP contribution is 2.31. The van der Waals surface area contributed by atoms with E-state index in [1.165, 1.54) is 11.3 Å². The Kier molecular flexibility index (Phi) is 5.30. The number of aromatic nitrogens is 1. The van der Waals surface area contributed by atoms with Crippen molar-refractivity contribution < 1.29 is 4.74 Å². The summed E-state index contributed by atoms with van der Waals surface area (Å²) in [5.74, 6) is 1.60. The van der Waals surface area contributed by atoms with Gasteiger partial charge in [0.2, 0.25) is 0 Å². The highest BCUT2D eigenvalue weighted by atomic mass is 35.5. The molecule has 27 heavy (non-hydrogen) atoms. The van der Waals surface area contributed by atoms with Crippen molar-refractivity contribution in [2.45, 2.75) is 0 Å². The number of hydrogen-bond donors (Lipinski definition) is 1. The molecule has 0 fully saturated rings. The molecule has 0 aliphatic carbocycles. The number of anilines is 2. The van der Waals surface area contributed by atoms with Gasteiger partial charge < -0.3 is 10.1 Å². The summed E-state index contributed by atoms with van der Waals surface area (Å²) in [6.07, 6.45) is 0. The topological polar surface area (TPSA) is 34.2 Å². The van der Waals surface area contributed by atoms with Crippen LogP contribution in [0.4, 0.5) is 10.8 Å². The maximum absolute atomic E-state index is 6.05. The standard InChI is InChI=1S/C21H14Cl2N2OS/c22-18-11-8-15(12-19(18)23)24-21-25-20(13-27-21)14-6-9-17(10-7-14)26-16-4-2-1-3-5-16/h1-13H,(H,24,25). The van der Waals surface area contributed by atoms with Gasteiger partial charge in [-0.3, -0.25) is 0 Å². The molecule has 4 aromatic rings. The van der Waals surface area contributed by atoms with Gasteiger partial charge >= 0.3 is 0 Å². The van der Waals surface area contributed by atoms with Crippen molar-refractivity contribution in [1.82, 2.24) is 4.98 Å². The Morgan fingerprint density at radius 3 is 2.30 bits per heavy atom. The van der Waals surface area contributed by atoms with Crippen molar-refractivity contribution in [3.05, 3.63) is 88.2 Å². The number of nitrogens with one attached hydrogen (secondary N) is 1. The van der Waals surface area contributed by atoms with E-state index in [2.05, 4.69) is 10.3 Å². The third-order valence-corrected chi connectivity index (χ3v) is 5.30. The molecule has 4 rings (SSSR count). The van der Waals surface area contributed by atoms with E-state index in [1.54, 1.807) is 12.1 Å². The first-order valence-corrected chi connectivity index (χ1v) is 9.82. The number of para-hydroxylation sites is 1. The summed E-state index contributed by atoms with van der Waals surface area (Å²) in [5.41, 5.74) is 2.76. The Labute approximate surface area is 171 Å². The van der Waals surface area contributed by atoms with Crippen molar-refractivity contribution in [3.63, 3.8) is 0 Å². The van der Waals surface area contributed by atoms with E-state index in [-0.39, 0.29) is 0 Å². The molecule has 0 atom stereocenters. The molecular formula is C21H14Cl2N2OS. The SMILES string of the molecule is Clc1ccc(Nc2nc(-c3ccc(Oc4ccccc4)cc3)cs2)cc1Cl. The van der Waals surface area contributed by atoms with Gasteiger partial charge in [0.1, 0.15) is 11.5 Å². The molecule has 3 nitrogen and oxygen atoms in total. The zero-order valence-corrected chi connectivity index (χ0v) is 16.4. The van der Waals surface area contributed by atoms with Gasteiger partial charge in [0.05, 0.1) is 15.7 Å². The lowest BCUT2D eigenvalue weighted by Crippen LogP contribution is -1.89. The van der Waals surface area contributed by atoms with Crippen LogP contribution in [0, 0.1) is 0 Å². The fraction of sp³-hybridized carbons (Fsp3) is 0. The maximum Gasteiger partial charge on any atom is 0.187 e. The van der Waals surface area contributed by atoms with E-state index in [1.807, 2.05) is 66.0 Å². The molecule has 0 saturated carbocycles. The monoisotopic (exact) mass is 412 g/mol. The summed E-state index contributed by atoms with van der Waals surface area (Å²) in [4.78, 5) is 4.63. The zero-order valence-electron chi connectivity index (χ0n) is 14.0. The summed E-state index contributed by atoms with van der Waals surface area (Å²) < 4.78 is 5.82. The van der Waals surface area contributed by atoms with Crippen LogP contribution in [0.3, 0.4) is 0 Å². The van der Waals surface area contributed by atoms with Crippen LogP contribution < -0.4 is 10.1 Å². The van der Waals surface area contributed by atoms with Gasteiger partial charge in [0, 0.05) is 16.6 Å². The van der Waals surface area contributed by atoms with Gasteiger partial charge in [-0.05, 0) is 54.6 Å². The predicted octanol–water partition coefficient (Wildman–Crippen LogP) is 7.65. The van der Waals surface area contributed by atoms with E-state index >= 15 is 0 Å². The van der Waals surface area contributed by atoms with Crippen LogP contribution in [0.15, 0.2) is 78.2 Å². The molecule has 134 valence electrons. The molecule has 6 heteroatoms. The Morgan fingerprint density at radius 1 is 0.815 bits per heavy atom. The second kappa shape index (κ2) is 8.01. The van der Waals surface area contributed by atoms with Gasteiger partial charge in [-0.2, -0.15) is 0 Å². The summed E-state index contributed by atoms with van der Waals surface area (Å²) in [7, 11) is 0. The Bertz CT molecular complexity index is 1050. The summed E-state index contributed by atoms with van der Waals surface area (Å²) in [6, 6.07) is 23.0. The van der Waals surface area contributed by atoms with Crippen LogP contribution in [0.2, 0.25) is 10.0 Å². The van der Waals surface area contributed by atoms with E-state index in [0.717, 1.165) is 33.6 Å². The van der Waals surface area contributed by atoms with Crippen molar-refractivity contribution in [3.8, 4) is 22.8 Å². The first kappa shape index (κ1) is 17.9. The van der Waals surface area contributed by atoms with Crippen molar-refractivity contribution in [2.75, 3.05) is 5.32 Å². The molecule has 0 unspecified atom stereocenters. The predicted molar refractivity (Wildman–Crippen MR) is 114 cm³/mol. The largest absolute Gasteiger partial charge is 0.457 e. The summed E-state index contributed by atoms with van der Waals surface area (Å²) in [6.45, 7) is 0. The lowest BCUT2D eigenvalue weighted by molar-refractivity contribution is 0.483. The molecule has 0 aliphatic rings. The quantitative estimate of drug-likeness (QED) is 0.365. The molecule has 0 saturated heterocycles. The normalized spacial score (nSPS) is 10.6. The van der Waals surface area contributed by atoms with Crippen molar-refractivity contribution in [2.24, 2.45) is 0 Å². The smallest absolute Gasteiger partial charge is 0.187 e. The molecule has 3 aromatic carbocycles. The maximum atomic E-state index is 6.05.